The van der Waals surface area contributed by atoms with Gasteiger partial charge in [0.05, 0.1) is 6.04 Å². The first-order chi connectivity index (χ1) is 9.90. The molecule has 0 heterocycles. The lowest BCUT2D eigenvalue weighted by molar-refractivity contribution is -0.112. The number of carbonyl (C=O) groups excluding carboxylic acids is 2. The van der Waals surface area contributed by atoms with Gasteiger partial charge >= 0.3 is 6.09 Å². The van der Waals surface area contributed by atoms with E-state index < -0.39 is 12.1 Å². The SMILES string of the molecule is CC(=O)/C=C(\O)[C@@H](NC(=O)OCc1ccccc1)C(C)C. The van der Waals surface area contributed by atoms with Crippen LogP contribution in [0.1, 0.15) is 26.3 Å². The number of ether oxygens (including phenoxy) is 1. The standard InChI is InChI=1S/C16H21NO4/c1-11(2)15(14(19)9-12(3)18)17-16(20)21-10-13-7-5-4-6-8-13/h4-9,11,15,19H,10H2,1-3H3,(H,17,20)/b14-9-/t15-/m0/s1. The minimum atomic E-state index is -0.655. The molecule has 0 aromatic heterocycles. The van der Waals surface area contributed by atoms with Gasteiger partial charge in [-0.05, 0) is 18.4 Å². The lowest BCUT2D eigenvalue weighted by atomic mass is 10.0. The van der Waals surface area contributed by atoms with Crippen LogP contribution in [0.2, 0.25) is 0 Å². The second-order valence-corrected chi connectivity index (χ2v) is 5.11. The van der Waals surface area contributed by atoms with Gasteiger partial charge in [0.1, 0.15) is 12.4 Å². The minimum absolute atomic E-state index is 0.0788. The van der Waals surface area contributed by atoms with Crippen LogP contribution < -0.4 is 5.32 Å². The zero-order valence-corrected chi connectivity index (χ0v) is 12.5. The lowest BCUT2D eigenvalue weighted by Gasteiger charge is -2.21. The quantitative estimate of drug-likeness (QED) is 0.624. The highest BCUT2D eigenvalue weighted by atomic mass is 16.5. The molecule has 0 saturated carbocycles. The Morgan fingerprint density at radius 2 is 1.90 bits per heavy atom. The van der Waals surface area contributed by atoms with Crippen LogP contribution in [0.5, 0.6) is 0 Å². The molecule has 1 atom stereocenters. The number of allylic oxidation sites excluding steroid dienone is 1. The van der Waals surface area contributed by atoms with Gasteiger partial charge < -0.3 is 15.2 Å². The summed E-state index contributed by atoms with van der Waals surface area (Å²) < 4.78 is 5.09. The fraction of sp³-hybridized carbons (Fsp3) is 0.375. The van der Waals surface area contributed by atoms with E-state index in [1.54, 1.807) is 0 Å². The number of carbonyl (C=O) groups is 2. The summed E-state index contributed by atoms with van der Waals surface area (Å²) in [5.41, 5.74) is 0.872. The highest BCUT2D eigenvalue weighted by molar-refractivity contribution is 5.87. The average molecular weight is 291 g/mol. The van der Waals surface area contributed by atoms with Gasteiger partial charge in [0.25, 0.3) is 0 Å². The fourth-order valence-electron chi connectivity index (χ4n) is 1.77. The zero-order chi connectivity index (χ0) is 15.8. The molecule has 5 heteroatoms. The highest BCUT2D eigenvalue weighted by Crippen LogP contribution is 2.11. The average Bonchev–Trinajstić information content (AvgIpc) is 2.42. The molecule has 0 bridgehead atoms. The normalized spacial score (nSPS) is 12.9. The summed E-state index contributed by atoms with van der Waals surface area (Å²) in [6.07, 6.45) is 0.461. The number of ketones is 1. The molecular weight excluding hydrogens is 270 g/mol. The third-order valence-electron chi connectivity index (χ3n) is 2.82. The van der Waals surface area contributed by atoms with E-state index in [1.165, 1.54) is 6.92 Å². The molecule has 0 unspecified atom stereocenters. The summed E-state index contributed by atoms with van der Waals surface area (Å²) in [7, 11) is 0. The smallest absolute Gasteiger partial charge is 0.408 e. The molecule has 1 amide bonds. The van der Waals surface area contributed by atoms with Gasteiger partial charge in [-0.15, -0.1) is 0 Å². The van der Waals surface area contributed by atoms with Gasteiger partial charge in [-0.25, -0.2) is 4.79 Å². The number of hydrogen-bond donors (Lipinski definition) is 2. The van der Waals surface area contributed by atoms with E-state index in [4.69, 9.17) is 4.74 Å². The Morgan fingerprint density at radius 3 is 2.43 bits per heavy atom. The molecule has 1 aromatic rings. The molecule has 0 saturated heterocycles. The third-order valence-corrected chi connectivity index (χ3v) is 2.82. The monoisotopic (exact) mass is 291 g/mol. The number of alkyl carbamates (subject to hydrolysis) is 1. The Bertz CT molecular complexity index is 508. The van der Waals surface area contributed by atoms with Crippen molar-refractivity contribution in [3.8, 4) is 0 Å². The Labute approximate surface area is 124 Å². The Kier molecular flexibility index (Phi) is 6.46. The van der Waals surface area contributed by atoms with E-state index in [-0.39, 0.29) is 24.1 Å². The number of hydrogen-bond acceptors (Lipinski definition) is 4. The number of amides is 1. The molecule has 0 aliphatic carbocycles. The van der Waals surface area contributed by atoms with Crippen molar-refractivity contribution in [3.63, 3.8) is 0 Å². The van der Waals surface area contributed by atoms with Crippen LogP contribution in [0.4, 0.5) is 4.79 Å². The molecule has 5 nitrogen and oxygen atoms in total. The Hall–Kier alpha value is -2.30. The first kappa shape index (κ1) is 16.8. The molecule has 114 valence electrons. The second-order valence-electron chi connectivity index (χ2n) is 5.11. The van der Waals surface area contributed by atoms with Crippen molar-refractivity contribution in [1.29, 1.82) is 0 Å². The fourth-order valence-corrected chi connectivity index (χ4v) is 1.77. The van der Waals surface area contributed by atoms with E-state index in [2.05, 4.69) is 5.32 Å². The maximum atomic E-state index is 11.8. The van der Waals surface area contributed by atoms with Gasteiger partial charge in [-0.1, -0.05) is 44.2 Å². The molecule has 0 aliphatic heterocycles. The van der Waals surface area contributed by atoms with Crippen molar-refractivity contribution in [3.05, 3.63) is 47.7 Å². The number of rotatable bonds is 6. The molecule has 0 aliphatic rings. The Morgan fingerprint density at radius 1 is 1.29 bits per heavy atom. The molecule has 21 heavy (non-hydrogen) atoms. The molecule has 1 rings (SSSR count). The van der Waals surface area contributed by atoms with Crippen LogP contribution in [0.25, 0.3) is 0 Å². The maximum absolute atomic E-state index is 11.8. The first-order valence-corrected chi connectivity index (χ1v) is 6.78. The topological polar surface area (TPSA) is 75.6 Å². The summed E-state index contributed by atoms with van der Waals surface area (Å²) in [5, 5.41) is 12.4. The third kappa shape index (κ3) is 6.12. The van der Waals surface area contributed by atoms with E-state index in [0.29, 0.717) is 0 Å². The zero-order valence-electron chi connectivity index (χ0n) is 12.5. The number of benzene rings is 1. The van der Waals surface area contributed by atoms with E-state index in [0.717, 1.165) is 11.6 Å². The van der Waals surface area contributed by atoms with Crippen molar-refractivity contribution >= 4 is 11.9 Å². The molecule has 1 aromatic carbocycles. The molecule has 0 spiro atoms. The number of aliphatic hydroxyl groups is 1. The largest absolute Gasteiger partial charge is 0.510 e. The predicted octanol–water partition coefficient (Wildman–Crippen LogP) is 2.97. The maximum Gasteiger partial charge on any atom is 0.408 e. The van der Waals surface area contributed by atoms with Crippen LogP contribution >= 0.6 is 0 Å². The van der Waals surface area contributed by atoms with Crippen molar-refractivity contribution in [2.45, 2.75) is 33.4 Å². The summed E-state index contributed by atoms with van der Waals surface area (Å²) in [6, 6.07) is 8.63. The minimum Gasteiger partial charge on any atom is -0.510 e. The summed E-state index contributed by atoms with van der Waals surface area (Å²) in [4.78, 5) is 22.8. The van der Waals surface area contributed by atoms with Gasteiger partial charge in [-0.3, -0.25) is 4.79 Å². The second kappa shape index (κ2) is 8.09. The lowest BCUT2D eigenvalue weighted by Crippen LogP contribution is -2.40. The summed E-state index contributed by atoms with van der Waals surface area (Å²) >= 11 is 0. The molecule has 0 fully saturated rings. The molecule has 0 radical (unpaired) electrons. The predicted molar refractivity (Wildman–Crippen MR) is 79.8 cm³/mol. The summed E-state index contributed by atoms with van der Waals surface area (Å²) in [5.74, 6) is -0.531. The van der Waals surface area contributed by atoms with Gasteiger partial charge in [-0.2, -0.15) is 0 Å². The summed E-state index contributed by atoms with van der Waals surface area (Å²) in [6.45, 7) is 5.13. The first-order valence-electron chi connectivity index (χ1n) is 6.78. The number of aliphatic hydroxyl groups excluding tert-OH is 1. The van der Waals surface area contributed by atoms with E-state index >= 15 is 0 Å². The van der Waals surface area contributed by atoms with Crippen LogP contribution in [0.3, 0.4) is 0 Å². The van der Waals surface area contributed by atoms with E-state index in [9.17, 15) is 14.7 Å². The van der Waals surface area contributed by atoms with Crippen molar-refractivity contribution in [1.82, 2.24) is 5.32 Å². The highest BCUT2D eigenvalue weighted by Gasteiger charge is 2.21. The van der Waals surface area contributed by atoms with Gasteiger partial charge in [0.15, 0.2) is 5.78 Å². The molecule has 2 N–H and O–H groups in total. The van der Waals surface area contributed by atoms with Crippen LogP contribution in [0, 0.1) is 5.92 Å². The van der Waals surface area contributed by atoms with Crippen molar-refractivity contribution in [2.24, 2.45) is 5.92 Å². The van der Waals surface area contributed by atoms with Crippen molar-refractivity contribution < 1.29 is 19.4 Å². The van der Waals surface area contributed by atoms with E-state index in [1.807, 2.05) is 44.2 Å². The van der Waals surface area contributed by atoms with Gasteiger partial charge in [0.2, 0.25) is 0 Å². The number of nitrogens with one attached hydrogen (secondary N) is 1. The molecular formula is C16H21NO4. The van der Waals surface area contributed by atoms with Crippen LogP contribution in [-0.2, 0) is 16.1 Å². The Balaban J connectivity index is 2.59. The van der Waals surface area contributed by atoms with Crippen molar-refractivity contribution in [2.75, 3.05) is 0 Å². The van der Waals surface area contributed by atoms with Crippen LogP contribution in [-0.4, -0.2) is 23.0 Å². The van der Waals surface area contributed by atoms with Gasteiger partial charge in [0, 0.05) is 6.08 Å². The van der Waals surface area contributed by atoms with Crippen LogP contribution in [0.15, 0.2) is 42.2 Å².